The third-order valence-electron chi connectivity index (χ3n) is 4.41. The first-order valence-electron chi connectivity index (χ1n) is 9.23. The van der Waals surface area contributed by atoms with E-state index in [1.165, 1.54) is 5.56 Å². The van der Waals surface area contributed by atoms with Gasteiger partial charge in [0.2, 0.25) is 5.95 Å². The van der Waals surface area contributed by atoms with E-state index < -0.39 is 0 Å². The summed E-state index contributed by atoms with van der Waals surface area (Å²) in [5, 5.41) is 3.24. The van der Waals surface area contributed by atoms with Crippen molar-refractivity contribution in [2.24, 2.45) is 0 Å². The maximum Gasteiger partial charge on any atom is 0.229 e. The second kappa shape index (κ2) is 9.08. The predicted octanol–water partition coefficient (Wildman–Crippen LogP) is 4.65. The van der Waals surface area contributed by atoms with E-state index in [1.807, 2.05) is 30.3 Å². The molecule has 1 heterocycles. The summed E-state index contributed by atoms with van der Waals surface area (Å²) >= 11 is 0. The van der Waals surface area contributed by atoms with Crippen LogP contribution in [0.1, 0.15) is 19.4 Å². The van der Waals surface area contributed by atoms with Crippen LogP contribution in [0, 0.1) is 0 Å². The van der Waals surface area contributed by atoms with Crippen molar-refractivity contribution in [3.8, 4) is 11.5 Å². The standard InChI is InChI=1S/C22H26N4O2/c1-16(2)26(15-17-8-6-5-7-9-17)21-12-13-23-22(25-21)24-19-11-10-18(27-3)14-20(19)28-4/h5-14,16H,15H2,1-4H3,(H,23,24,25). The molecule has 0 aliphatic rings. The van der Waals surface area contributed by atoms with Crippen molar-refractivity contribution in [1.82, 2.24) is 9.97 Å². The Hall–Kier alpha value is -3.28. The smallest absolute Gasteiger partial charge is 0.229 e. The molecule has 0 fully saturated rings. The predicted molar refractivity (Wildman–Crippen MR) is 113 cm³/mol. The highest BCUT2D eigenvalue weighted by Gasteiger charge is 2.14. The lowest BCUT2D eigenvalue weighted by atomic mass is 10.2. The van der Waals surface area contributed by atoms with Gasteiger partial charge >= 0.3 is 0 Å². The number of nitrogens with zero attached hydrogens (tertiary/aromatic N) is 3. The summed E-state index contributed by atoms with van der Waals surface area (Å²) in [7, 11) is 3.25. The van der Waals surface area contributed by atoms with E-state index in [1.54, 1.807) is 20.4 Å². The highest BCUT2D eigenvalue weighted by molar-refractivity contribution is 5.65. The van der Waals surface area contributed by atoms with Crippen molar-refractivity contribution in [2.75, 3.05) is 24.4 Å². The fourth-order valence-electron chi connectivity index (χ4n) is 2.90. The van der Waals surface area contributed by atoms with E-state index >= 15 is 0 Å². The molecule has 0 bridgehead atoms. The fraction of sp³-hybridized carbons (Fsp3) is 0.273. The van der Waals surface area contributed by atoms with Crippen LogP contribution in [0.25, 0.3) is 0 Å². The number of nitrogens with one attached hydrogen (secondary N) is 1. The van der Waals surface area contributed by atoms with Crippen LogP contribution in [0.3, 0.4) is 0 Å². The monoisotopic (exact) mass is 378 g/mol. The molecule has 0 saturated carbocycles. The summed E-state index contributed by atoms with van der Waals surface area (Å²) < 4.78 is 10.7. The van der Waals surface area contributed by atoms with Gasteiger partial charge in [-0.25, -0.2) is 4.98 Å². The van der Waals surface area contributed by atoms with Gasteiger partial charge in [-0.05, 0) is 37.6 Å². The topological polar surface area (TPSA) is 59.5 Å². The molecule has 0 amide bonds. The van der Waals surface area contributed by atoms with Gasteiger partial charge in [-0.1, -0.05) is 30.3 Å². The van der Waals surface area contributed by atoms with E-state index in [-0.39, 0.29) is 0 Å². The van der Waals surface area contributed by atoms with Crippen molar-refractivity contribution in [3.63, 3.8) is 0 Å². The second-order valence-corrected chi connectivity index (χ2v) is 6.64. The maximum atomic E-state index is 5.45. The molecule has 0 radical (unpaired) electrons. The van der Waals surface area contributed by atoms with Gasteiger partial charge in [-0.15, -0.1) is 0 Å². The highest BCUT2D eigenvalue weighted by Crippen LogP contribution is 2.31. The fourth-order valence-corrected chi connectivity index (χ4v) is 2.90. The first kappa shape index (κ1) is 19.5. The Morgan fingerprint density at radius 3 is 2.46 bits per heavy atom. The van der Waals surface area contributed by atoms with Crippen LogP contribution < -0.4 is 19.7 Å². The van der Waals surface area contributed by atoms with Gasteiger partial charge in [-0.2, -0.15) is 4.98 Å². The average Bonchev–Trinajstić information content (AvgIpc) is 2.73. The van der Waals surface area contributed by atoms with Gasteiger partial charge in [0.25, 0.3) is 0 Å². The van der Waals surface area contributed by atoms with Gasteiger partial charge in [0.15, 0.2) is 0 Å². The number of benzene rings is 2. The summed E-state index contributed by atoms with van der Waals surface area (Å²) in [5.74, 6) is 2.77. The first-order valence-corrected chi connectivity index (χ1v) is 9.23. The molecule has 0 saturated heterocycles. The summed E-state index contributed by atoms with van der Waals surface area (Å²) in [6, 6.07) is 18.2. The molecular formula is C22H26N4O2. The molecule has 3 rings (SSSR count). The minimum absolute atomic E-state index is 0.290. The summed E-state index contributed by atoms with van der Waals surface area (Å²) in [5.41, 5.74) is 2.01. The number of ether oxygens (including phenoxy) is 2. The molecule has 28 heavy (non-hydrogen) atoms. The minimum atomic E-state index is 0.290. The SMILES string of the molecule is COc1ccc(Nc2nccc(N(Cc3ccccc3)C(C)C)n2)c(OC)c1. The van der Waals surface area contributed by atoms with E-state index in [0.717, 1.165) is 23.8 Å². The molecule has 0 spiro atoms. The highest BCUT2D eigenvalue weighted by atomic mass is 16.5. The number of anilines is 3. The Labute approximate surface area is 166 Å². The van der Waals surface area contributed by atoms with E-state index in [0.29, 0.717) is 17.7 Å². The van der Waals surface area contributed by atoms with Gasteiger partial charge in [-0.3, -0.25) is 0 Å². The average molecular weight is 378 g/mol. The number of methoxy groups -OCH3 is 2. The Morgan fingerprint density at radius 1 is 1.00 bits per heavy atom. The van der Waals surface area contributed by atoms with Crippen molar-refractivity contribution in [1.29, 1.82) is 0 Å². The van der Waals surface area contributed by atoms with Crippen molar-refractivity contribution < 1.29 is 9.47 Å². The third-order valence-corrected chi connectivity index (χ3v) is 4.41. The quantitative estimate of drug-likeness (QED) is 0.616. The van der Waals surface area contributed by atoms with Crippen LogP contribution >= 0.6 is 0 Å². The van der Waals surface area contributed by atoms with Crippen LogP contribution in [0.15, 0.2) is 60.8 Å². The number of aromatic nitrogens is 2. The Balaban J connectivity index is 1.84. The largest absolute Gasteiger partial charge is 0.497 e. The number of rotatable bonds is 8. The van der Waals surface area contributed by atoms with Crippen LogP contribution in [0.5, 0.6) is 11.5 Å². The lowest BCUT2D eigenvalue weighted by Crippen LogP contribution is -2.31. The molecule has 1 aromatic heterocycles. The van der Waals surface area contributed by atoms with E-state index in [9.17, 15) is 0 Å². The third kappa shape index (κ3) is 4.71. The Morgan fingerprint density at radius 2 is 1.79 bits per heavy atom. The molecule has 2 aromatic carbocycles. The zero-order valence-electron chi connectivity index (χ0n) is 16.7. The summed E-state index contributed by atoms with van der Waals surface area (Å²) in [6.45, 7) is 5.09. The summed E-state index contributed by atoms with van der Waals surface area (Å²) in [4.78, 5) is 11.3. The van der Waals surface area contributed by atoms with E-state index in [2.05, 4.69) is 53.3 Å². The van der Waals surface area contributed by atoms with Gasteiger partial charge in [0, 0.05) is 24.8 Å². The molecule has 1 N–H and O–H groups in total. The van der Waals surface area contributed by atoms with Gasteiger partial charge < -0.3 is 19.7 Å². The molecule has 0 aliphatic carbocycles. The minimum Gasteiger partial charge on any atom is -0.497 e. The van der Waals surface area contributed by atoms with Crippen molar-refractivity contribution in [2.45, 2.75) is 26.4 Å². The number of hydrogen-bond donors (Lipinski definition) is 1. The zero-order valence-corrected chi connectivity index (χ0v) is 16.7. The van der Waals surface area contributed by atoms with Crippen LogP contribution in [0.4, 0.5) is 17.5 Å². The normalized spacial score (nSPS) is 10.6. The lowest BCUT2D eigenvalue weighted by molar-refractivity contribution is 0.395. The van der Waals surface area contributed by atoms with Crippen LogP contribution in [-0.4, -0.2) is 30.2 Å². The maximum absolute atomic E-state index is 5.45. The Bertz CT molecular complexity index is 900. The molecule has 6 heteroatoms. The molecule has 3 aromatic rings. The van der Waals surface area contributed by atoms with Gasteiger partial charge in [0.1, 0.15) is 17.3 Å². The molecule has 6 nitrogen and oxygen atoms in total. The van der Waals surface area contributed by atoms with Crippen LogP contribution in [0.2, 0.25) is 0 Å². The number of hydrogen-bond acceptors (Lipinski definition) is 6. The molecule has 0 aliphatic heterocycles. The van der Waals surface area contributed by atoms with E-state index in [4.69, 9.17) is 14.5 Å². The van der Waals surface area contributed by atoms with Crippen molar-refractivity contribution >= 4 is 17.5 Å². The molecular weight excluding hydrogens is 352 g/mol. The second-order valence-electron chi connectivity index (χ2n) is 6.64. The molecule has 0 atom stereocenters. The zero-order chi connectivity index (χ0) is 19.9. The molecule has 0 unspecified atom stereocenters. The lowest BCUT2D eigenvalue weighted by Gasteiger charge is -2.28. The molecule has 146 valence electrons. The first-order chi connectivity index (χ1) is 13.6. The van der Waals surface area contributed by atoms with Crippen LogP contribution in [-0.2, 0) is 6.54 Å². The van der Waals surface area contributed by atoms with Gasteiger partial charge in [0.05, 0.1) is 19.9 Å². The summed E-state index contributed by atoms with van der Waals surface area (Å²) in [6.07, 6.45) is 1.76. The Kier molecular flexibility index (Phi) is 6.32. The van der Waals surface area contributed by atoms with Crippen molar-refractivity contribution in [3.05, 3.63) is 66.4 Å².